The fourth-order valence-electron chi connectivity index (χ4n) is 3.33. The summed E-state index contributed by atoms with van der Waals surface area (Å²) < 4.78 is 22.0. The van der Waals surface area contributed by atoms with Crippen molar-refractivity contribution < 1.29 is 23.7 Å². The Bertz CT molecular complexity index is 887. The molecule has 2 aromatic carbocycles. The Morgan fingerprint density at radius 1 is 1.00 bits per heavy atom. The van der Waals surface area contributed by atoms with Crippen molar-refractivity contribution in [2.75, 3.05) is 47.7 Å². The van der Waals surface area contributed by atoms with E-state index in [2.05, 4.69) is 10.8 Å². The first-order chi connectivity index (χ1) is 14.6. The van der Waals surface area contributed by atoms with Gasteiger partial charge >= 0.3 is 0 Å². The van der Waals surface area contributed by atoms with E-state index in [1.165, 1.54) is 0 Å². The van der Waals surface area contributed by atoms with Crippen LogP contribution < -0.4 is 18.9 Å². The predicted octanol–water partition coefficient (Wildman–Crippen LogP) is 3.24. The molecule has 160 valence electrons. The number of rotatable bonds is 8. The molecule has 0 atom stereocenters. The number of carbonyl (C=O) groups excluding carboxylic acids is 1. The van der Waals surface area contributed by atoms with Crippen molar-refractivity contribution in [1.82, 2.24) is 9.80 Å². The highest BCUT2D eigenvalue weighted by atomic mass is 35.5. The molecule has 2 aromatic rings. The molecule has 1 aliphatic heterocycles. The normalized spacial score (nSPS) is 14.3. The predicted molar refractivity (Wildman–Crippen MR) is 114 cm³/mol. The molecule has 8 heteroatoms. The van der Waals surface area contributed by atoms with E-state index in [1.807, 2.05) is 17.0 Å². The first kappa shape index (κ1) is 21.8. The summed E-state index contributed by atoms with van der Waals surface area (Å²) in [6, 6.07) is 11.0. The molecule has 7 nitrogen and oxygen atoms in total. The van der Waals surface area contributed by atoms with Crippen molar-refractivity contribution in [2.45, 2.75) is 6.54 Å². The standard InChI is InChI=1S/C22H25ClN2O5/c1-27-20-10-16(11-21(28-2)22(20)29-3)12-24-8-9-25(18(13-24)14-26)15-30-19-6-4-17(23)5-7-19/h4-7,10-11H,8-9,12-13,15H2,1-3H3. The van der Waals surface area contributed by atoms with Gasteiger partial charge in [0.05, 0.1) is 21.3 Å². The maximum atomic E-state index is 11.5. The molecule has 30 heavy (non-hydrogen) atoms. The van der Waals surface area contributed by atoms with Crippen LogP contribution in [0.4, 0.5) is 0 Å². The van der Waals surface area contributed by atoms with Crippen molar-refractivity contribution in [1.29, 1.82) is 0 Å². The molecule has 0 bridgehead atoms. The Labute approximate surface area is 181 Å². The van der Waals surface area contributed by atoms with E-state index in [0.717, 1.165) is 12.1 Å². The van der Waals surface area contributed by atoms with Crippen LogP contribution in [0.2, 0.25) is 5.02 Å². The molecule has 0 radical (unpaired) electrons. The fraction of sp³-hybridized carbons (Fsp3) is 0.364. The van der Waals surface area contributed by atoms with Gasteiger partial charge in [0, 0.05) is 31.2 Å². The maximum absolute atomic E-state index is 11.5. The molecule has 0 spiro atoms. The van der Waals surface area contributed by atoms with Gasteiger partial charge in [-0.2, -0.15) is 0 Å². The number of nitrogens with zero attached hydrogens (tertiary/aromatic N) is 2. The summed E-state index contributed by atoms with van der Waals surface area (Å²) in [4.78, 5) is 15.6. The van der Waals surface area contributed by atoms with Crippen LogP contribution in [0.3, 0.4) is 0 Å². The van der Waals surface area contributed by atoms with Crippen LogP contribution in [0, 0.1) is 0 Å². The topological polar surface area (TPSA) is 60.5 Å². The minimum atomic E-state index is 0.282. The van der Waals surface area contributed by atoms with Gasteiger partial charge in [0.15, 0.2) is 18.2 Å². The van der Waals surface area contributed by atoms with Crippen LogP contribution in [0.25, 0.3) is 0 Å². The second-order valence-electron chi connectivity index (χ2n) is 6.78. The van der Waals surface area contributed by atoms with Crippen LogP contribution in [0.1, 0.15) is 5.56 Å². The molecular weight excluding hydrogens is 408 g/mol. The summed E-state index contributed by atoms with van der Waals surface area (Å²) in [5, 5.41) is 0.649. The zero-order valence-electron chi connectivity index (χ0n) is 17.3. The number of hydrogen-bond acceptors (Lipinski definition) is 7. The molecule has 0 amide bonds. The number of hydrogen-bond donors (Lipinski definition) is 0. The smallest absolute Gasteiger partial charge is 0.203 e. The van der Waals surface area contributed by atoms with Gasteiger partial charge in [0.1, 0.15) is 17.4 Å². The van der Waals surface area contributed by atoms with E-state index in [9.17, 15) is 4.79 Å². The van der Waals surface area contributed by atoms with Crippen molar-refractivity contribution >= 4 is 17.5 Å². The lowest BCUT2D eigenvalue weighted by Gasteiger charge is -2.36. The Morgan fingerprint density at radius 3 is 2.23 bits per heavy atom. The Morgan fingerprint density at radius 2 is 1.67 bits per heavy atom. The van der Waals surface area contributed by atoms with E-state index in [4.69, 9.17) is 30.5 Å². The van der Waals surface area contributed by atoms with Gasteiger partial charge in [-0.3, -0.25) is 4.90 Å². The highest BCUT2D eigenvalue weighted by Gasteiger charge is 2.23. The summed E-state index contributed by atoms with van der Waals surface area (Å²) in [7, 11) is 4.76. The zero-order valence-corrected chi connectivity index (χ0v) is 18.1. The second kappa shape index (κ2) is 10.3. The van der Waals surface area contributed by atoms with Crippen LogP contribution in [-0.2, 0) is 11.3 Å². The lowest BCUT2D eigenvalue weighted by Crippen LogP contribution is -2.45. The molecular formula is C22H25ClN2O5. The van der Waals surface area contributed by atoms with E-state index in [0.29, 0.717) is 53.4 Å². The number of ether oxygens (including phenoxy) is 4. The van der Waals surface area contributed by atoms with Crippen molar-refractivity contribution in [3.63, 3.8) is 0 Å². The average molecular weight is 433 g/mol. The van der Waals surface area contributed by atoms with Crippen LogP contribution in [0.15, 0.2) is 42.1 Å². The molecule has 1 aliphatic rings. The lowest BCUT2D eigenvalue weighted by molar-refractivity contribution is 0.101. The quantitative estimate of drug-likeness (QED) is 0.593. The third-order valence-electron chi connectivity index (χ3n) is 4.89. The van der Waals surface area contributed by atoms with Gasteiger partial charge in [-0.15, -0.1) is 0 Å². The average Bonchev–Trinajstić information content (AvgIpc) is 2.78. The summed E-state index contributed by atoms with van der Waals surface area (Å²) in [6.07, 6.45) is 0. The molecule has 3 rings (SSSR count). The minimum Gasteiger partial charge on any atom is -0.493 e. The minimum absolute atomic E-state index is 0.282. The van der Waals surface area contributed by atoms with Crippen LogP contribution in [0.5, 0.6) is 23.0 Å². The van der Waals surface area contributed by atoms with Crippen molar-refractivity contribution in [3.8, 4) is 23.0 Å². The Balaban J connectivity index is 1.64. The molecule has 0 N–H and O–H groups in total. The molecule has 0 unspecified atom stereocenters. The van der Waals surface area contributed by atoms with E-state index >= 15 is 0 Å². The summed E-state index contributed by atoms with van der Waals surface area (Å²) in [5.41, 5.74) is 1.56. The van der Waals surface area contributed by atoms with Crippen molar-refractivity contribution in [2.24, 2.45) is 0 Å². The molecule has 0 aliphatic carbocycles. The zero-order chi connectivity index (χ0) is 21.5. The van der Waals surface area contributed by atoms with Crippen LogP contribution in [-0.4, -0.2) is 63.4 Å². The Hall–Kier alpha value is -2.86. The fourth-order valence-corrected chi connectivity index (χ4v) is 3.46. The SMILES string of the molecule is COc1cc(CN2CCN(COc3ccc(Cl)cc3)C(=C=O)C2)cc(OC)c1OC. The highest BCUT2D eigenvalue weighted by Crippen LogP contribution is 2.38. The van der Waals surface area contributed by atoms with Gasteiger partial charge in [-0.05, 0) is 42.0 Å². The lowest BCUT2D eigenvalue weighted by atomic mass is 10.1. The summed E-state index contributed by atoms with van der Waals surface area (Å²) in [6.45, 7) is 2.82. The largest absolute Gasteiger partial charge is 0.493 e. The molecule has 0 saturated carbocycles. The molecule has 1 saturated heterocycles. The van der Waals surface area contributed by atoms with Gasteiger partial charge < -0.3 is 23.8 Å². The first-order valence-corrected chi connectivity index (χ1v) is 9.84. The van der Waals surface area contributed by atoms with Gasteiger partial charge in [0.25, 0.3) is 0 Å². The van der Waals surface area contributed by atoms with E-state index < -0.39 is 0 Å². The first-order valence-electron chi connectivity index (χ1n) is 9.46. The van der Waals surface area contributed by atoms with Gasteiger partial charge in [-0.1, -0.05) is 11.6 Å². The number of methoxy groups -OCH3 is 3. The number of benzene rings is 2. The summed E-state index contributed by atoms with van der Waals surface area (Å²) >= 11 is 5.89. The molecule has 0 aromatic heterocycles. The van der Waals surface area contributed by atoms with E-state index in [-0.39, 0.29) is 6.73 Å². The molecule has 1 fully saturated rings. The summed E-state index contributed by atoms with van der Waals surface area (Å²) in [5.74, 6) is 4.52. The highest BCUT2D eigenvalue weighted by molar-refractivity contribution is 6.30. The van der Waals surface area contributed by atoms with E-state index in [1.54, 1.807) is 45.6 Å². The monoisotopic (exact) mass is 432 g/mol. The van der Waals surface area contributed by atoms with Crippen LogP contribution >= 0.6 is 11.6 Å². The third-order valence-corrected chi connectivity index (χ3v) is 5.14. The van der Waals surface area contributed by atoms with Gasteiger partial charge in [0.2, 0.25) is 5.75 Å². The van der Waals surface area contributed by atoms with Crippen molar-refractivity contribution in [3.05, 3.63) is 52.7 Å². The molecule has 1 heterocycles. The maximum Gasteiger partial charge on any atom is 0.203 e. The third kappa shape index (κ3) is 5.19. The second-order valence-corrected chi connectivity index (χ2v) is 7.22. The number of piperazine rings is 1. The number of halogens is 1. The Kier molecular flexibility index (Phi) is 7.46. The van der Waals surface area contributed by atoms with Gasteiger partial charge in [-0.25, -0.2) is 4.79 Å².